The quantitative estimate of drug-likeness (QED) is 0.391. The minimum atomic E-state index is -4.86. The molecule has 2 aliphatic rings. The summed E-state index contributed by atoms with van der Waals surface area (Å²) in [6.45, 7) is 5.01. The van der Waals surface area contributed by atoms with Crippen molar-refractivity contribution in [3.05, 3.63) is 28.5 Å². The van der Waals surface area contributed by atoms with Crippen LogP contribution >= 0.6 is 11.3 Å². The molecule has 2 atom stereocenters. The lowest BCUT2D eigenvalue weighted by Crippen LogP contribution is -2.38. The minimum Gasteiger partial charge on any atom is -0.389 e. The van der Waals surface area contributed by atoms with Crippen LogP contribution in [0.25, 0.3) is 10.4 Å². The van der Waals surface area contributed by atoms with E-state index in [2.05, 4.69) is 20.6 Å². The van der Waals surface area contributed by atoms with Crippen molar-refractivity contribution in [1.82, 2.24) is 20.2 Å². The number of aromatic nitrogens is 2. The fraction of sp³-hybridized carbons (Fsp3) is 0.600. The highest BCUT2D eigenvalue weighted by molar-refractivity contribution is 7.17. The number of nitrogens with one attached hydrogen (secondary N) is 2. The molecule has 0 bridgehead atoms. The summed E-state index contributed by atoms with van der Waals surface area (Å²) in [6.07, 6.45) is -2.57. The largest absolute Gasteiger partial charge is 0.417 e. The zero-order chi connectivity index (χ0) is 28.9. The van der Waals surface area contributed by atoms with Gasteiger partial charge < -0.3 is 20.6 Å². The number of likely N-dealkylation sites (tertiary alicyclic amines) is 1. The summed E-state index contributed by atoms with van der Waals surface area (Å²) >= 11 is 0.524. The highest BCUT2D eigenvalue weighted by atomic mass is 32.1. The summed E-state index contributed by atoms with van der Waals surface area (Å²) in [6, 6.07) is -0.150. The summed E-state index contributed by atoms with van der Waals surface area (Å²) in [7, 11) is 0. The van der Waals surface area contributed by atoms with Crippen molar-refractivity contribution in [2.24, 2.45) is 5.92 Å². The Morgan fingerprint density at radius 2 is 1.95 bits per heavy atom. The van der Waals surface area contributed by atoms with Crippen LogP contribution in [0.3, 0.4) is 0 Å². The van der Waals surface area contributed by atoms with E-state index in [1.54, 1.807) is 0 Å². The first-order valence-electron chi connectivity index (χ1n) is 12.5. The lowest BCUT2D eigenvalue weighted by atomic mass is 10.1. The van der Waals surface area contributed by atoms with Crippen molar-refractivity contribution < 1.29 is 36.6 Å². The topological polar surface area (TPSA) is 107 Å². The van der Waals surface area contributed by atoms with Gasteiger partial charge in [-0.2, -0.15) is 13.2 Å². The number of carbonyl (C=O) groups is 2. The van der Waals surface area contributed by atoms with Crippen LogP contribution in [-0.2, 0) is 6.18 Å². The maximum Gasteiger partial charge on any atom is 0.417 e. The van der Waals surface area contributed by atoms with Crippen molar-refractivity contribution in [3.8, 4) is 10.4 Å². The van der Waals surface area contributed by atoms with Crippen molar-refractivity contribution in [3.63, 3.8) is 0 Å². The second-order valence-corrected chi connectivity index (χ2v) is 11.9. The number of halogens is 5. The van der Waals surface area contributed by atoms with Gasteiger partial charge in [0.1, 0.15) is 11.5 Å². The Bertz CT molecular complexity index is 1260. The molecule has 0 spiro atoms. The molecular weight excluding hydrogens is 545 g/mol. The molecule has 1 saturated heterocycles. The molecule has 2 aromatic heterocycles. The van der Waals surface area contributed by atoms with Crippen LogP contribution in [0, 0.1) is 5.92 Å². The number of aliphatic hydroxyl groups is 1. The number of hydrogen-bond acceptors (Lipinski definition) is 7. The van der Waals surface area contributed by atoms with E-state index in [1.807, 2.05) is 6.92 Å². The third-order valence-electron chi connectivity index (χ3n) is 6.65. The molecule has 14 heteroatoms. The first kappa shape index (κ1) is 29.1. The molecule has 0 radical (unpaired) electrons. The highest BCUT2D eigenvalue weighted by Crippen LogP contribution is 2.43. The molecule has 3 heterocycles. The van der Waals surface area contributed by atoms with Gasteiger partial charge in [0.15, 0.2) is 5.01 Å². The number of carbonyl (C=O) groups excluding carboxylic acids is 2. The standard InChI is InChI=1S/C25H30F5N5O3S/c1-12-8-24(26,27)11-35(12)22(37)18-19(39-21(34-18)20(36)32-10-23(3,4)38)15-9-31-17(7-16(15)25(28,29)30)33-13(2)14-5-6-14/h7,9,12-14,38H,5-6,8,10-11H2,1-4H3,(H,31,33)(H,32,36)/t12-,13-/m0/s1. The second kappa shape index (κ2) is 10.3. The van der Waals surface area contributed by atoms with Crippen molar-refractivity contribution in [1.29, 1.82) is 0 Å². The molecule has 1 aliphatic heterocycles. The monoisotopic (exact) mass is 575 g/mol. The molecule has 0 unspecified atom stereocenters. The summed E-state index contributed by atoms with van der Waals surface area (Å²) in [4.78, 5) is 34.8. The SMILES string of the molecule is C[C@H](Nc1cc(C(F)(F)F)c(-c2sc(C(=O)NCC(C)(C)O)nc2C(=O)N2CC(F)(F)C[C@@H]2C)cn1)C1CC1. The van der Waals surface area contributed by atoms with Crippen molar-refractivity contribution >= 4 is 29.0 Å². The third-order valence-corrected chi connectivity index (χ3v) is 7.74. The van der Waals surface area contributed by atoms with E-state index < -0.39 is 65.3 Å². The lowest BCUT2D eigenvalue weighted by Gasteiger charge is -2.21. The van der Waals surface area contributed by atoms with Gasteiger partial charge in [-0.15, -0.1) is 11.3 Å². The van der Waals surface area contributed by atoms with Crippen LogP contribution in [-0.4, -0.2) is 68.5 Å². The molecule has 2 aromatic rings. The number of anilines is 1. The number of hydrogen-bond donors (Lipinski definition) is 3. The molecule has 2 amide bonds. The Labute approximate surface area is 226 Å². The van der Waals surface area contributed by atoms with Gasteiger partial charge in [-0.25, -0.2) is 18.7 Å². The molecular formula is C25H30F5N5O3S. The maximum absolute atomic E-state index is 14.3. The van der Waals surface area contributed by atoms with Gasteiger partial charge in [0.05, 0.1) is 22.6 Å². The number of rotatable bonds is 8. The Morgan fingerprint density at radius 3 is 2.49 bits per heavy atom. The number of amides is 2. The zero-order valence-corrected chi connectivity index (χ0v) is 22.6. The summed E-state index contributed by atoms with van der Waals surface area (Å²) < 4.78 is 70.9. The average Bonchev–Trinajstić information content (AvgIpc) is 3.51. The van der Waals surface area contributed by atoms with Gasteiger partial charge in [-0.1, -0.05) is 0 Å². The second-order valence-electron chi connectivity index (χ2n) is 10.9. The smallest absolute Gasteiger partial charge is 0.389 e. The Balaban J connectivity index is 1.78. The van der Waals surface area contributed by atoms with E-state index in [0.29, 0.717) is 17.3 Å². The number of nitrogens with zero attached hydrogens (tertiary/aromatic N) is 3. The summed E-state index contributed by atoms with van der Waals surface area (Å²) in [5.41, 5.74) is -3.44. The molecule has 4 rings (SSSR count). The van der Waals surface area contributed by atoms with Crippen molar-refractivity contribution in [2.45, 2.75) is 76.7 Å². The molecule has 2 fully saturated rings. The molecule has 214 valence electrons. The van der Waals surface area contributed by atoms with Crippen molar-refractivity contribution in [2.75, 3.05) is 18.4 Å². The first-order chi connectivity index (χ1) is 17.9. The summed E-state index contributed by atoms with van der Waals surface area (Å²) in [5, 5.41) is 15.0. The molecule has 1 aliphatic carbocycles. The Kier molecular flexibility index (Phi) is 7.67. The predicted octanol–water partition coefficient (Wildman–Crippen LogP) is 4.80. The van der Waals surface area contributed by atoms with Gasteiger partial charge in [0, 0.05) is 36.8 Å². The highest BCUT2D eigenvalue weighted by Gasteiger charge is 2.46. The van der Waals surface area contributed by atoms with Crippen LogP contribution < -0.4 is 10.6 Å². The van der Waals surface area contributed by atoms with E-state index in [4.69, 9.17) is 0 Å². The molecule has 0 aromatic carbocycles. The Hall–Kier alpha value is -2.87. The summed E-state index contributed by atoms with van der Waals surface area (Å²) in [5.74, 6) is -4.66. The number of pyridine rings is 1. The average molecular weight is 576 g/mol. The first-order valence-corrected chi connectivity index (χ1v) is 13.3. The number of alkyl halides is 5. The van der Waals surface area contributed by atoms with Gasteiger partial charge >= 0.3 is 6.18 Å². The maximum atomic E-state index is 14.3. The van der Waals surface area contributed by atoms with Crippen LogP contribution in [0.15, 0.2) is 12.3 Å². The van der Waals surface area contributed by atoms with Gasteiger partial charge in [-0.3, -0.25) is 9.59 Å². The molecule has 8 nitrogen and oxygen atoms in total. The zero-order valence-electron chi connectivity index (χ0n) is 21.8. The van der Waals surface area contributed by atoms with Crippen LogP contribution in [0.2, 0.25) is 0 Å². The Morgan fingerprint density at radius 1 is 1.28 bits per heavy atom. The molecule has 1 saturated carbocycles. The normalized spacial score (nSPS) is 20.2. The van der Waals surface area contributed by atoms with E-state index in [-0.39, 0.29) is 28.3 Å². The lowest BCUT2D eigenvalue weighted by molar-refractivity contribution is -0.137. The molecule has 3 N–H and O–H groups in total. The minimum absolute atomic E-state index is 0.00109. The third kappa shape index (κ3) is 6.83. The van der Waals surface area contributed by atoms with E-state index in [1.165, 1.54) is 20.8 Å². The van der Waals surface area contributed by atoms with E-state index >= 15 is 0 Å². The van der Waals surface area contributed by atoms with E-state index in [0.717, 1.165) is 30.0 Å². The number of thiazole rings is 1. The molecule has 39 heavy (non-hydrogen) atoms. The fourth-order valence-corrected chi connectivity index (χ4v) is 5.43. The van der Waals surface area contributed by atoms with Crippen LogP contribution in [0.1, 0.15) is 72.8 Å². The van der Waals surface area contributed by atoms with Gasteiger partial charge in [-0.05, 0) is 52.5 Å². The predicted molar refractivity (Wildman–Crippen MR) is 135 cm³/mol. The van der Waals surface area contributed by atoms with Crippen LogP contribution in [0.4, 0.5) is 27.8 Å². The van der Waals surface area contributed by atoms with E-state index in [9.17, 15) is 36.6 Å². The van der Waals surface area contributed by atoms with Gasteiger partial charge in [0.2, 0.25) is 0 Å². The fourth-order valence-electron chi connectivity index (χ4n) is 4.43. The van der Waals surface area contributed by atoms with Gasteiger partial charge in [0.25, 0.3) is 17.7 Å². The van der Waals surface area contributed by atoms with Crippen LogP contribution in [0.5, 0.6) is 0 Å².